The maximum atomic E-state index is 14.1. The fraction of sp³-hybridized carbons (Fsp3) is 0.304. The summed E-state index contributed by atoms with van der Waals surface area (Å²) in [4.78, 5) is 16.6. The molecular weight excluding hydrogens is 405 g/mol. The molecule has 31 heavy (non-hydrogen) atoms. The lowest BCUT2D eigenvalue weighted by molar-refractivity contribution is -0.119. The Bertz CT molecular complexity index is 1070. The van der Waals surface area contributed by atoms with Crippen molar-refractivity contribution in [2.45, 2.75) is 13.3 Å². The summed E-state index contributed by atoms with van der Waals surface area (Å²) in [6.45, 7) is 4.52. The van der Waals surface area contributed by atoms with Crippen molar-refractivity contribution in [3.63, 3.8) is 0 Å². The highest BCUT2D eigenvalue weighted by atomic mass is 19.1. The topological polar surface area (TPSA) is 41.4 Å². The average molecular weight is 428 g/mol. The Kier molecular flexibility index (Phi) is 6.08. The number of rotatable bonds is 6. The highest BCUT2D eigenvalue weighted by Gasteiger charge is 2.21. The van der Waals surface area contributed by atoms with Gasteiger partial charge < -0.3 is 4.90 Å². The summed E-state index contributed by atoms with van der Waals surface area (Å²) in [5.74, 6) is -1.53. The SMILES string of the molecule is Cc1c(CC(=O)CN2CCN(c3cc(F)cc(F)c3)CC2)cnn1-c1ccccc1F. The molecule has 1 fully saturated rings. The van der Waals surface area contributed by atoms with Gasteiger partial charge in [0.1, 0.15) is 23.1 Å². The van der Waals surface area contributed by atoms with Crippen LogP contribution in [0.25, 0.3) is 5.69 Å². The molecule has 1 aliphatic heterocycles. The summed E-state index contributed by atoms with van der Waals surface area (Å²) < 4.78 is 42.5. The number of hydrogen-bond acceptors (Lipinski definition) is 4. The van der Waals surface area contributed by atoms with Gasteiger partial charge in [0.15, 0.2) is 5.78 Å². The van der Waals surface area contributed by atoms with Crippen LogP contribution in [0.5, 0.6) is 0 Å². The summed E-state index contributed by atoms with van der Waals surface area (Å²) in [6.07, 6.45) is 1.83. The van der Waals surface area contributed by atoms with Crippen LogP contribution in [-0.4, -0.2) is 53.2 Å². The van der Waals surface area contributed by atoms with Crippen molar-refractivity contribution in [1.82, 2.24) is 14.7 Å². The van der Waals surface area contributed by atoms with Crippen LogP contribution in [0.2, 0.25) is 0 Å². The van der Waals surface area contributed by atoms with Crippen LogP contribution in [0.3, 0.4) is 0 Å². The third kappa shape index (κ3) is 4.80. The van der Waals surface area contributed by atoms with Gasteiger partial charge in [-0.2, -0.15) is 5.10 Å². The van der Waals surface area contributed by atoms with Gasteiger partial charge in [-0.05, 0) is 31.2 Å². The molecule has 8 heteroatoms. The minimum Gasteiger partial charge on any atom is -0.369 e. The van der Waals surface area contributed by atoms with Crippen molar-refractivity contribution in [2.24, 2.45) is 0 Å². The van der Waals surface area contributed by atoms with E-state index < -0.39 is 11.6 Å². The van der Waals surface area contributed by atoms with Gasteiger partial charge in [0, 0.05) is 55.6 Å². The van der Waals surface area contributed by atoms with Crippen molar-refractivity contribution in [3.8, 4) is 5.69 Å². The molecule has 0 aliphatic carbocycles. The number of halogens is 3. The van der Waals surface area contributed by atoms with Crippen molar-refractivity contribution < 1.29 is 18.0 Å². The molecule has 2 aromatic carbocycles. The van der Waals surface area contributed by atoms with Gasteiger partial charge in [-0.25, -0.2) is 17.9 Å². The molecule has 1 aliphatic rings. The Balaban J connectivity index is 1.34. The summed E-state index contributed by atoms with van der Waals surface area (Å²) in [5, 5.41) is 4.25. The first kappa shape index (κ1) is 21.1. The monoisotopic (exact) mass is 428 g/mol. The highest BCUT2D eigenvalue weighted by Crippen LogP contribution is 2.20. The maximum absolute atomic E-state index is 14.1. The molecule has 1 aromatic heterocycles. The van der Waals surface area contributed by atoms with Gasteiger partial charge in [-0.15, -0.1) is 0 Å². The molecule has 0 spiro atoms. The second kappa shape index (κ2) is 8.93. The summed E-state index contributed by atoms with van der Waals surface area (Å²) in [6, 6.07) is 9.87. The van der Waals surface area contributed by atoms with E-state index in [-0.39, 0.29) is 24.6 Å². The lowest BCUT2D eigenvalue weighted by atomic mass is 10.1. The molecule has 0 atom stereocenters. The van der Waals surface area contributed by atoms with Gasteiger partial charge in [0.05, 0.1) is 12.7 Å². The second-order valence-corrected chi connectivity index (χ2v) is 7.72. The van der Waals surface area contributed by atoms with Gasteiger partial charge in [0.2, 0.25) is 0 Å². The smallest absolute Gasteiger partial charge is 0.151 e. The fourth-order valence-corrected chi connectivity index (χ4v) is 3.89. The van der Waals surface area contributed by atoms with E-state index in [0.29, 0.717) is 37.6 Å². The number of nitrogens with zero attached hydrogens (tertiary/aromatic N) is 4. The highest BCUT2D eigenvalue weighted by molar-refractivity contribution is 5.83. The molecule has 4 rings (SSSR count). The van der Waals surface area contributed by atoms with Gasteiger partial charge in [-0.1, -0.05) is 12.1 Å². The number of carbonyl (C=O) groups is 1. The number of benzene rings is 2. The lowest BCUT2D eigenvalue weighted by Gasteiger charge is -2.35. The zero-order valence-corrected chi connectivity index (χ0v) is 17.2. The number of hydrogen-bond donors (Lipinski definition) is 0. The van der Waals surface area contributed by atoms with E-state index >= 15 is 0 Å². The Morgan fingerprint density at radius 2 is 1.68 bits per heavy atom. The van der Waals surface area contributed by atoms with Crippen molar-refractivity contribution >= 4 is 11.5 Å². The molecule has 0 N–H and O–H groups in total. The van der Waals surface area contributed by atoms with Crippen LogP contribution in [0.1, 0.15) is 11.3 Å². The summed E-state index contributed by atoms with van der Waals surface area (Å²) >= 11 is 0. The minimum atomic E-state index is -0.598. The summed E-state index contributed by atoms with van der Waals surface area (Å²) in [7, 11) is 0. The Morgan fingerprint density at radius 1 is 1.00 bits per heavy atom. The van der Waals surface area contributed by atoms with E-state index in [1.54, 1.807) is 24.4 Å². The molecule has 0 bridgehead atoms. The molecule has 0 saturated carbocycles. The number of anilines is 1. The van der Waals surface area contributed by atoms with Crippen LogP contribution in [0.15, 0.2) is 48.7 Å². The minimum absolute atomic E-state index is 0.0430. The molecule has 3 aromatic rings. The predicted octanol–water partition coefficient (Wildman–Crippen LogP) is 3.53. The van der Waals surface area contributed by atoms with Crippen LogP contribution in [-0.2, 0) is 11.2 Å². The van der Waals surface area contributed by atoms with Crippen LogP contribution in [0.4, 0.5) is 18.9 Å². The molecule has 0 unspecified atom stereocenters. The Labute approximate surface area is 178 Å². The first-order chi connectivity index (χ1) is 14.9. The van der Waals surface area contributed by atoms with Gasteiger partial charge in [-0.3, -0.25) is 9.69 Å². The molecule has 5 nitrogen and oxygen atoms in total. The zero-order valence-electron chi connectivity index (χ0n) is 17.2. The third-order valence-electron chi connectivity index (χ3n) is 5.56. The number of carbonyl (C=O) groups excluding carboxylic acids is 1. The zero-order chi connectivity index (χ0) is 22.0. The number of Topliss-reactive ketones (excluding diaryl/α,β-unsaturated/α-hetero) is 1. The van der Waals surface area contributed by atoms with E-state index in [1.807, 2.05) is 16.7 Å². The molecule has 2 heterocycles. The average Bonchev–Trinajstić information content (AvgIpc) is 3.08. The quantitative estimate of drug-likeness (QED) is 0.603. The standard InChI is InChI=1S/C23H23F3N4O/c1-16-17(14-27-30(16)23-5-3-2-4-22(23)26)10-21(31)15-28-6-8-29(9-7-28)20-12-18(24)11-19(25)13-20/h2-5,11-14H,6-10,15H2,1H3. The largest absolute Gasteiger partial charge is 0.369 e. The predicted molar refractivity (Wildman–Crippen MR) is 112 cm³/mol. The van der Waals surface area contributed by atoms with E-state index in [0.717, 1.165) is 17.3 Å². The summed E-state index contributed by atoms with van der Waals surface area (Å²) in [5.41, 5.74) is 2.36. The van der Waals surface area contributed by atoms with Crippen molar-refractivity contribution in [2.75, 3.05) is 37.6 Å². The fourth-order valence-electron chi connectivity index (χ4n) is 3.89. The van der Waals surface area contributed by atoms with Gasteiger partial charge in [0.25, 0.3) is 0 Å². The molecule has 162 valence electrons. The number of para-hydroxylation sites is 1. The maximum Gasteiger partial charge on any atom is 0.151 e. The third-order valence-corrected chi connectivity index (χ3v) is 5.56. The first-order valence-corrected chi connectivity index (χ1v) is 10.1. The first-order valence-electron chi connectivity index (χ1n) is 10.1. The molecule has 0 radical (unpaired) electrons. The van der Waals surface area contributed by atoms with E-state index in [2.05, 4.69) is 5.10 Å². The Morgan fingerprint density at radius 3 is 2.35 bits per heavy atom. The molecule has 1 saturated heterocycles. The van der Waals surface area contributed by atoms with Crippen LogP contribution >= 0.6 is 0 Å². The Hall–Kier alpha value is -3.13. The normalized spacial score (nSPS) is 14.8. The molecule has 0 amide bonds. The van der Waals surface area contributed by atoms with E-state index in [9.17, 15) is 18.0 Å². The number of piperazine rings is 1. The van der Waals surface area contributed by atoms with E-state index in [1.165, 1.54) is 22.9 Å². The number of ketones is 1. The number of aromatic nitrogens is 2. The molecular formula is C23H23F3N4O. The van der Waals surface area contributed by atoms with Crippen molar-refractivity contribution in [3.05, 3.63) is 77.4 Å². The van der Waals surface area contributed by atoms with E-state index in [4.69, 9.17) is 0 Å². The van der Waals surface area contributed by atoms with Crippen LogP contribution < -0.4 is 4.90 Å². The second-order valence-electron chi connectivity index (χ2n) is 7.72. The van der Waals surface area contributed by atoms with Gasteiger partial charge >= 0.3 is 0 Å². The van der Waals surface area contributed by atoms with Crippen LogP contribution in [0, 0.1) is 24.4 Å². The lowest BCUT2D eigenvalue weighted by Crippen LogP contribution is -2.48. The van der Waals surface area contributed by atoms with Crippen molar-refractivity contribution in [1.29, 1.82) is 0 Å².